The Labute approximate surface area is 233 Å². The van der Waals surface area contributed by atoms with Crippen molar-refractivity contribution in [1.82, 2.24) is 15.1 Å². The average molecular weight is 537 g/mol. The number of ether oxygens (including phenoxy) is 1. The predicted octanol–water partition coefficient (Wildman–Crippen LogP) is 7.13. The lowest BCUT2D eigenvalue weighted by Gasteiger charge is -2.22. The molecular weight excluding hydrogens is 508 g/mol. The summed E-state index contributed by atoms with van der Waals surface area (Å²) in [5.74, 6) is 0.356. The van der Waals surface area contributed by atoms with Gasteiger partial charge in [0.25, 0.3) is 5.91 Å². The zero-order valence-electron chi connectivity index (χ0n) is 21.5. The van der Waals surface area contributed by atoms with E-state index in [2.05, 4.69) is 11.4 Å². The minimum atomic E-state index is -0.342. The lowest BCUT2D eigenvalue weighted by molar-refractivity contribution is -0.117. The van der Waals surface area contributed by atoms with E-state index < -0.39 is 0 Å². The van der Waals surface area contributed by atoms with Gasteiger partial charge in [0.05, 0.1) is 11.4 Å². The summed E-state index contributed by atoms with van der Waals surface area (Å²) in [6, 6.07) is 27.1. The third-order valence-corrected chi connectivity index (χ3v) is 7.22. The van der Waals surface area contributed by atoms with Gasteiger partial charge >= 0.3 is 0 Å². The molecule has 0 atom stereocenters. The quantitative estimate of drug-likeness (QED) is 0.192. The maximum Gasteiger partial charge on any atom is 0.262 e. The monoisotopic (exact) mass is 536 g/mol. The fraction of sp³-hybridized carbons (Fsp3) is 0.219. The highest BCUT2D eigenvalue weighted by molar-refractivity contribution is 6.31. The van der Waals surface area contributed by atoms with E-state index in [1.165, 1.54) is 6.42 Å². The number of hydrogen-bond acceptors (Lipinski definition) is 4. The van der Waals surface area contributed by atoms with Crippen molar-refractivity contribution in [3.63, 3.8) is 0 Å². The third kappa shape index (κ3) is 6.57. The first-order valence-electron chi connectivity index (χ1n) is 13.1. The van der Waals surface area contributed by atoms with Crippen LogP contribution in [0, 0.1) is 11.3 Å². The average Bonchev–Trinajstić information content (AvgIpc) is 3.40. The maximum atomic E-state index is 13.0. The van der Waals surface area contributed by atoms with Gasteiger partial charge in [-0.15, -0.1) is 0 Å². The first-order valence-corrected chi connectivity index (χ1v) is 13.5. The van der Waals surface area contributed by atoms with Gasteiger partial charge in [-0.05, 0) is 61.4 Å². The van der Waals surface area contributed by atoms with E-state index >= 15 is 0 Å². The standard InChI is InChI=1S/C32H29ClN4O2/c33-30-14-8-7-9-24(30)22-39-29-17-15-23(16-18-29)31-26(21-37(36-31)28-12-5-2-6-13-28)19-25(20-34)32(38)35-27-10-3-1-4-11-27/h2,5-9,12-19,21,27H,1,3-4,10-11,22H2,(H,35,38)/b25-19-. The molecule has 39 heavy (non-hydrogen) atoms. The van der Waals surface area contributed by atoms with Crippen molar-refractivity contribution in [2.24, 2.45) is 0 Å². The Morgan fingerprint density at radius 3 is 2.46 bits per heavy atom. The first kappa shape index (κ1) is 26.3. The number of amides is 1. The summed E-state index contributed by atoms with van der Waals surface area (Å²) in [6.45, 7) is 0.358. The highest BCUT2D eigenvalue weighted by Crippen LogP contribution is 2.28. The second kappa shape index (κ2) is 12.5. The van der Waals surface area contributed by atoms with Crippen LogP contribution in [-0.2, 0) is 11.4 Å². The Balaban J connectivity index is 1.42. The number of carbonyl (C=O) groups is 1. The summed E-state index contributed by atoms with van der Waals surface area (Å²) < 4.78 is 7.70. The molecule has 7 heteroatoms. The number of nitriles is 1. The van der Waals surface area contributed by atoms with E-state index in [4.69, 9.17) is 21.4 Å². The summed E-state index contributed by atoms with van der Waals surface area (Å²) in [4.78, 5) is 13.0. The number of carbonyl (C=O) groups excluding carboxylic acids is 1. The largest absolute Gasteiger partial charge is 0.489 e. The van der Waals surface area contributed by atoms with E-state index in [1.54, 1.807) is 10.8 Å². The lowest BCUT2D eigenvalue weighted by atomic mass is 9.95. The van der Waals surface area contributed by atoms with Gasteiger partial charge in [-0.1, -0.05) is 67.3 Å². The molecule has 0 radical (unpaired) electrons. The van der Waals surface area contributed by atoms with Gasteiger partial charge in [0.15, 0.2) is 0 Å². The minimum absolute atomic E-state index is 0.0640. The maximum absolute atomic E-state index is 13.0. The Hall–Kier alpha value is -4.34. The van der Waals surface area contributed by atoms with E-state index in [0.29, 0.717) is 28.6 Å². The van der Waals surface area contributed by atoms with Gasteiger partial charge in [-0.25, -0.2) is 4.68 Å². The molecule has 0 bridgehead atoms. The summed E-state index contributed by atoms with van der Waals surface area (Å²) in [5.41, 5.74) is 4.03. The molecule has 1 aliphatic carbocycles. The second-order valence-corrected chi connectivity index (χ2v) is 10.0. The Bertz CT molecular complexity index is 1500. The van der Waals surface area contributed by atoms with Crippen molar-refractivity contribution in [2.75, 3.05) is 0 Å². The van der Waals surface area contributed by atoms with E-state index in [9.17, 15) is 10.1 Å². The van der Waals surface area contributed by atoms with Crippen LogP contribution in [-0.4, -0.2) is 21.7 Å². The van der Waals surface area contributed by atoms with Crippen LogP contribution >= 0.6 is 11.6 Å². The number of benzene rings is 3. The fourth-order valence-electron chi connectivity index (χ4n) is 4.73. The molecule has 1 aromatic heterocycles. The highest BCUT2D eigenvalue weighted by Gasteiger charge is 2.20. The zero-order chi connectivity index (χ0) is 27.0. The smallest absolute Gasteiger partial charge is 0.262 e. The molecule has 4 aromatic rings. The van der Waals surface area contributed by atoms with Crippen LogP contribution in [0.15, 0.2) is 90.6 Å². The van der Waals surface area contributed by atoms with Crippen molar-refractivity contribution in [1.29, 1.82) is 5.26 Å². The van der Waals surface area contributed by atoms with Crippen LogP contribution < -0.4 is 10.1 Å². The molecule has 6 nitrogen and oxygen atoms in total. The van der Waals surface area contributed by atoms with Crippen molar-refractivity contribution >= 4 is 23.6 Å². The van der Waals surface area contributed by atoms with Crippen LogP contribution in [0.25, 0.3) is 23.0 Å². The number of nitrogens with zero attached hydrogens (tertiary/aromatic N) is 3. The van der Waals surface area contributed by atoms with Gasteiger partial charge < -0.3 is 10.1 Å². The second-order valence-electron chi connectivity index (χ2n) is 9.60. The van der Waals surface area contributed by atoms with Crippen molar-refractivity contribution < 1.29 is 9.53 Å². The fourth-order valence-corrected chi connectivity index (χ4v) is 4.92. The molecule has 196 valence electrons. The summed E-state index contributed by atoms with van der Waals surface area (Å²) in [7, 11) is 0. The van der Waals surface area contributed by atoms with Gasteiger partial charge in [-0.2, -0.15) is 10.4 Å². The van der Waals surface area contributed by atoms with Gasteiger partial charge in [0.2, 0.25) is 0 Å². The number of hydrogen-bond donors (Lipinski definition) is 1. The van der Waals surface area contributed by atoms with Crippen LogP contribution in [0.4, 0.5) is 0 Å². The minimum Gasteiger partial charge on any atom is -0.489 e. The number of halogens is 1. The van der Waals surface area contributed by atoms with Gasteiger partial charge in [0, 0.05) is 34.0 Å². The molecule has 0 aliphatic heterocycles. The molecular formula is C32H29ClN4O2. The summed E-state index contributed by atoms with van der Waals surface area (Å²) in [5, 5.41) is 18.4. The van der Waals surface area contributed by atoms with E-state index in [-0.39, 0.29) is 17.5 Å². The summed E-state index contributed by atoms with van der Waals surface area (Å²) in [6.07, 6.45) is 8.77. The molecule has 1 aliphatic rings. The molecule has 1 N–H and O–H groups in total. The molecule has 0 unspecified atom stereocenters. The van der Waals surface area contributed by atoms with Crippen LogP contribution in [0.2, 0.25) is 5.02 Å². The zero-order valence-corrected chi connectivity index (χ0v) is 22.3. The van der Waals surface area contributed by atoms with Crippen molar-refractivity contribution in [2.45, 2.75) is 44.8 Å². The molecule has 1 fully saturated rings. The molecule has 0 saturated heterocycles. The van der Waals surface area contributed by atoms with Crippen LogP contribution in [0.5, 0.6) is 5.75 Å². The van der Waals surface area contributed by atoms with Crippen molar-refractivity contribution in [3.05, 3.63) is 107 Å². The number of aromatic nitrogens is 2. The number of rotatable bonds is 8. The van der Waals surface area contributed by atoms with Crippen molar-refractivity contribution in [3.8, 4) is 28.8 Å². The number of para-hydroxylation sites is 1. The van der Waals surface area contributed by atoms with Crippen LogP contribution in [0.3, 0.4) is 0 Å². The normalized spacial score (nSPS) is 14.0. The van der Waals surface area contributed by atoms with Crippen LogP contribution in [0.1, 0.15) is 43.2 Å². The topological polar surface area (TPSA) is 79.9 Å². The Kier molecular flexibility index (Phi) is 8.40. The molecule has 1 amide bonds. The number of nitrogens with one attached hydrogen (secondary N) is 1. The summed E-state index contributed by atoms with van der Waals surface area (Å²) >= 11 is 6.25. The lowest BCUT2D eigenvalue weighted by Crippen LogP contribution is -2.36. The van der Waals surface area contributed by atoms with Gasteiger partial charge in [0.1, 0.15) is 24.0 Å². The SMILES string of the molecule is N#C/C(=C/c1cn(-c2ccccc2)nc1-c1ccc(OCc2ccccc2Cl)cc1)C(=O)NC1CCCCC1. The third-order valence-electron chi connectivity index (χ3n) is 6.85. The van der Waals surface area contributed by atoms with E-state index in [1.807, 2.05) is 85.1 Å². The molecule has 3 aromatic carbocycles. The predicted molar refractivity (Wildman–Crippen MR) is 153 cm³/mol. The van der Waals surface area contributed by atoms with E-state index in [0.717, 1.165) is 42.5 Å². The first-order chi connectivity index (χ1) is 19.1. The van der Waals surface area contributed by atoms with Gasteiger partial charge in [-0.3, -0.25) is 4.79 Å². The highest BCUT2D eigenvalue weighted by atomic mass is 35.5. The molecule has 1 saturated carbocycles. The molecule has 5 rings (SSSR count). The Morgan fingerprint density at radius 2 is 1.74 bits per heavy atom. The molecule has 1 heterocycles. The molecule has 0 spiro atoms. The Morgan fingerprint density at radius 1 is 1.03 bits per heavy atom.